The van der Waals surface area contributed by atoms with Gasteiger partial charge in [-0.3, -0.25) is 9.67 Å². The van der Waals surface area contributed by atoms with E-state index < -0.39 is 0 Å². The average Bonchev–Trinajstić information content (AvgIpc) is 2.91. The number of guanidine groups is 1. The number of aliphatic imine (C=N–C) groups is 1. The molecule has 0 saturated carbocycles. The Morgan fingerprint density at radius 3 is 2.50 bits per heavy atom. The summed E-state index contributed by atoms with van der Waals surface area (Å²) >= 11 is 6.12. The molecule has 0 atom stereocenters. The smallest absolute Gasteiger partial charge is 0.193 e. The zero-order valence-electron chi connectivity index (χ0n) is 17.1. The molecule has 0 bridgehead atoms. The molecule has 0 aliphatic carbocycles. The highest BCUT2D eigenvalue weighted by atomic mass is 127. The Morgan fingerprint density at radius 1 is 1.21 bits per heavy atom. The minimum atomic E-state index is 0. The summed E-state index contributed by atoms with van der Waals surface area (Å²) in [5.41, 5.74) is 4.86. The van der Waals surface area contributed by atoms with Crippen molar-refractivity contribution in [1.29, 1.82) is 0 Å². The number of nitrogens with one attached hydrogen (secondary N) is 1. The normalized spacial score (nSPS) is 14.8. The first kappa shape index (κ1) is 22.8. The monoisotopic (exact) mass is 516 g/mol. The predicted octanol–water partition coefficient (Wildman–Crippen LogP) is 3.25. The van der Waals surface area contributed by atoms with Crippen molar-refractivity contribution in [3.05, 3.63) is 46.2 Å². The third-order valence-corrected chi connectivity index (χ3v) is 5.52. The summed E-state index contributed by atoms with van der Waals surface area (Å²) < 4.78 is 1.95. The summed E-state index contributed by atoms with van der Waals surface area (Å²) in [6.45, 7) is 8.86. The molecule has 154 valence electrons. The number of hydrogen-bond donors (Lipinski definition) is 1. The minimum Gasteiger partial charge on any atom is -0.368 e. The molecule has 1 aliphatic rings. The van der Waals surface area contributed by atoms with E-state index in [1.807, 2.05) is 37.0 Å². The van der Waals surface area contributed by atoms with Crippen molar-refractivity contribution in [2.75, 3.05) is 44.7 Å². The van der Waals surface area contributed by atoms with Crippen molar-refractivity contribution < 1.29 is 0 Å². The van der Waals surface area contributed by atoms with Crippen LogP contribution in [0.1, 0.15) is 17.0 Å². The summed E-state index contributed by atoms with van der Waals surface area (Å²) in [5.74, 6) is 0.972. The molecule has 1 aromatic heterocycles. The first-order valence-corrected chi connectivity index (χ1v) is 9.82. The largest absolute Gasteiger partial charge is 0.368 e. The maximum atomic E-state index is 6.12. The Kier molecular flexibility index (Phi) is 8.42. The lowest BCUT2D eigenvalue weighted by atomic mass is 10.1. The Balaban J connectivity index is 0.00000280. The van der Waals surface area contributed by atoms with E-state index >= 15 is 0 Å². The first-order valence-electron chi connectivity index (χ1n) is 9.44. The maximum absolute atomic E-state index is 6.12. The highest BCUT2D eigenvalue weighted by Gasteiger charge is 2.20. The van der Waals surface area contributed by atoms with Crippen molar-refractivity contribution >= 4 is 47.2 Å². The Hall–Kier alpha value is -1.48. The quantitative estimate of drug-likeness (QED) is 0.385. The molecule has 28 heavy (non-hydrogen) atoms. The zero-order valence-corrected chi connectivity index (χ0v) is 20.2. The molecule has 6 nitrogen and oxygen atoms in total. The van der Waals surface area contributed by atoms with Gasteiger partial charge in [-0.1, -0.05) is 17.7 Å². The second kappa shape index (κ2) is 10.3. The Bertz CT molecular complexity index is 811. The number of nitrogens with zero attached hydrogens (tertiary/aromatic N) is 5. The van der Waals surface area contributed by atoms with E-state index in [0.29, 0.717) is 0 Å². The Labute approximate surface area is 190 Å². The molecule has 0 spiro atoms. The molecule has 0 unspecified atom stereocenters. The van der Waals surface area contributed by atoms with Crippen LogP contribution in [0.4, 0.5) is 5.69 Å². The number of aromatic nitrogens is 2. The minimum absolute atomic E-state index is 0. The van der Waals surface area contributed by atoms with Crippen LogP contribution in [0, 0.1) is 13.8 Å². The van der Waals surface area contributed by atoms with E-state index in [9.17, 15) is 0 Å². The standard InChI is InChI=1S/C20H29ClN6.HI/c1-15-19(16(2)25(4)24-15)8-9-23-20(22-3)27-12-10-26(11-13-27)18-7-5-6-17(21)14-18;/h5-7,14H,8-13H2,1-4H3,(H,22,23);1H. The topological polar surface area (TPSA) is 48.7 Å². The third kappa shape index (κ3) is 5.31. The molecule has 0 radical (unpaired) electrons. The molecule has 1 saturated heterocycles. The van der Waals surface area contributed by atoms with Gasteiger partial charge in [-0.25, -0.2) is 0 Å². The second-order valence-electron chi connectivity index (χ2n) is 6.95. The van der Waals surface area contributed by atoms with Crippen LogP contribution in [0.15, 0.2) is 29.3 Å². The molecule has 0 amide bonds. The molecular weight excluding hydrogens is 487 g/mol. The van der Waals surface area contributed by atoms with Crippen LogP contribution in [-0.2, 0) is 13.5 Å². The number of halogens is 2. The van der Waals surface area contributed by atoms with E-state index in [1.165, 1.54) is 16.9 Å². The first-order chi connectivity index (χ1) is 13.0. The summed E-state index contributed by atoms with van der Waals surface area (Å²) in [5, 5.41) is 8.79. The Morgan fingerprint density at radius 2 is 1.93 bits per heavy atom. The molecule has 8 heteroatoms. The van der Waals surface area contributed by atoms with Gasteiger partial charge in [0.2, 0.25) is 0 Å². The number of anilines is 1. The fourth-order valence-electron chi connectivity index (χ4n) is 3.66. The maximum Gasteiger partial charge on any atom is 0.193 e. The molecule has 1 fully saturated rings. The molecule has 1 aromatic carbocycles. The van der Waals surface area contributed by atoms with Gasteiger partial charge in [-0.05, 0) is 44.0 Å². The van der Waals surface area contributed by atoms with E-state index in [1.54, 1.807) is 0 Å². The van der Waals surface area contributed by atoms with Crippen molar-refractivity contribution in [2.45, 2.75) is 20.3 Å². The van der Waals surface area contributed by atoms with Crippen LogP contribution in [0.5, 0.6) is 0 Å². The van der Waals surface area contributed by atoms with Gasteiger partial charge in [-0.15, -0.1) is 24.0 Å². The number of rotatable bonds is 4. The predicted molar refractivity (Wildman–Crippen MR) is 128 cm³/mol. The fourth-order valence-corrected chi connectivity index (χ4v) is 3.84. The van der Waals surface area contributed by atoms with Crippen molar-refractivity contribution in [3.63, 3.8) is 0 Å². The SMILES string of the molecule is CN=C(NCCc1c(C)nn(C)c1C)N1CCN(c2cccc(Cl)c2)CC1.I. The summed E-state index contributed by atoms with van der Waals surface area (Å²) in [6.07, 6.45) is 0.951. The molecule has 2 heterocycles. The van der Waals surface area contributed by atoms with E-state index in [-0.39, 0.29) is 24.0 Å². The van der Waals surface area contributed by atoms with Crippen molar-refractivity contribution in [3.8, 4) is 0 Å². The summed E-state index contributed by atoms with van der Waals surface area (Å²) in [6, 6.07) is 8.07. The number of aryl methyl sites for hydroxylation is 2. The third-order valence-electron chi connectivity index (χ3n) is 5.28. The van der Waals surface area contributed by atoms with Crippen LogP contribution in [0.3, 0.4) is 0 Å². The van der Waals surface area contributed by atoms with Gasteiger partial charge >= 0.3 is 0 Å². The van der Waals surface area contributed by atoms with Gasteiger partial charge in [-0.2, -0.15) is 5.10 Å². The fraction of sp³-hybridized carbons (Fsp3) is 0.500. The molecule has 1 N–H and O–H groups in total. The highest BCUT2D eigenvalue weighted by Crippen LogP contribution is 2.20. The second-order valence-corrected chi connectivity index (χ2v) is 7.39. The van der Waals surface area contributed by atoms with Gasteiger partial charge in [0.1, 0.15) is 0 Å². The summed E-state index contributed by atoms with van der Waals surface area (Å²) in [7, 11) is 3.85. The summed E-state index contributed by atoms with van der Waals surface area (Å²) in [4.78, 5) is 9.17. The number of benzene rings is 1. The molecule has 3 rings (SSSR count). The van der Waals surface area contributed by atoms with Crippen LogP contribution in [0.25, 0.3) is 0 Å². The van der Waals surface area contributed by atoms with Crippen LogP contribution >= 0.6 is 35.6 Å². The van der Waals surface area contributed by atoms with Gasteiger partial charge in [0.25, 0.3) is 0 Å². The van der Waals surface area contributed by atoms with Crippen LogP contribution < -0.4 is 10.2 Å². The number of hydrogen-bond acceptors (Lipinski definition) is 3. The van der Waals surface area contributed by atoms with E-state index in [4.69, 9.17) is 11.6 Å². The van der Waals surface area contributed by atoms with Gasteiger partial charge in [0.05, 0.1) is 5.69 Å². The average molecular weight is 517 g/mol. The number of piperazine rings is 1. The van der Waals surface area contributed by atoms with Gasteiger partial charge in [0, 0.05) is 63.2 Å². The molecular formula is C20H30ClIN6. The molecule has 2 aromatic rings. The lowest BCUT2D eigenvalue weighted by Gasteiger charge is -2.37. The highest BCUT2D eigenvalue weighted by molar-refractivity contribution is 14.0. The van der Waals surface area contributed by atoms with Crippen molar-refractivity contribution in [2.24, 2.45) is 12.0 Å². The lowest BCUT2D eigenvalue weighted by molar-refractivity contribution is 0.373. The van der Waals surface area contributed by atoms with Crippen LogP contribution in [0.2, 0.25) is 5.02 Å². The zero-order chi connectivity index (χ0) is 19.4. The molecule has 1 aliphatic heterocycles. The van der Waals surface area contributed by atoms with Gasteiger partial charge < -0.3 is 15.1 Å². The van der Waals surface area contributed by atoms with Crippen molar-refractivity contribution in [1.82, 2.24) is 20.0 Å². The van der Waals surface area contributed by atoms with E-state index in [2.05, 4.69) is 45.1 Å². The lowest BCUT2D eigenvalue weighted by Crippen LogP contribution is -2.52. The van der Waals surface area contributed by atoms with Crippen LogP contribution in [-0.4, -0.2) is 60.4 Å². The van der Waals surface area contributed by atoms with Gasteiger partial charge in [0.15, 0.2) is 5.96 Å². The van der Waals surface area contributed by atoms with E-state index in [0.717, 1.165) is 55.8 Å².